The zero-order valence-corrected chi connectivity index (χ0v) is 28.2. The Morgan fingerprint density at radius 1 is 0.469 bits per heavy atom. The van der Waals surface area contributed by atoms with Crippen LogP contribution in [0.5, 0.6) is 0 Å². The van der Waals surface area contributed by atoms with Gasteiger partial charge in [-0.15, -0.1) is 0 Å². The van der Waals surface area contributed by atoms with E-state index in [0.717, 1.165) is 12.8 Å². The molecule has 7 aromatic carbocycles. The molecule has 0 aliphatic heterocycles. The summed E-state index contributed by atoms with van der Waals surface area (Å²) in [5.74, 6) is 0.220. The third kappa shape index (κ3) is 4.58. The largest absolute Gasteiger partial charge is 0.0751 e. The summed E-state index contributed by atoms with van der Waals surface area (Å²) in [6.45, 7) is 4.56. The van der Waals surface area contributed by atoms with Gasteiger partial charge in [0.15, 0.2) is 0 Å². The van der Waals surface area contributed by atoms with Gasteiger partial charge in [0.1, 0.15) is 0 Å². The molecule has 0 amide bonds. The van der Waals surface area contributed by atoms with E-state index in [1.807, 2.05) is 0 Å². The molecule has 1 atom stereocenters. The van der Waals surface area contributed by atoms with Gasteiger partial charge < -0.3 is 0 Å². The van der Waals surface area contributed by atoms with E-state index in [4.69, 9.17) is 0 Å². The molecule has 0 N–H and O–H groups in total. The number of allylic oxidation sites excluding steroid dienone is 1. The van der Waals surface area contributed by atoms with E-state index in [1.54, 1.807) is 0 Å². The topological polar surface area (TPSA) is 0 Å². The highest BCUT2D eigenvalue weighted by Crippen LogP contribution is 2.63. The third-order valence-corrected chi connectivity index (χ3v) is 11.4. The molecule has 0 saturated carbocycles. The van der Waals surface area contributed by atoms with Crippen LogP contribution in [0.1, 0.15) is 70.2 Å². The van der Waals surface area contributed by atoms with Gasteiger partial charge in [0.25, 0.3) is 0 Å². The fraction of sp³-hybridized carbons (Fsp3) is 0.143. The molecular weight excluding hydrogens is 589 g/mol. The third-order valence-electron chi connectivity index (χ3n) is 11.4. The van der Waals surface area contributed by atoms with Gasteiger partial charge in [0, 0.05) is 17.3 Å². The molecular formula is C49H40. The smallest absolute Gasteiger partial charge is 0.0415 e. The van der Waals surface area contributed by atoms with E-state index < -0.39 is 5.41 Å². The van der Waals surface area contributed by atoms with Gasteiger partial charge in [0.2, 0.25) is 0 Å². The fourth-order valence-corrected chi connectivity index (χ4v) is 9.10. The Morgan fingerprint density at radius 2 is 1.06 bits per heavy atom. The van der Waals surface area contributed by atoms with E-state index in [1.165, 1.54) is 77.5 Å². The molecule has 0 heterocycles. The Balaban J connectivity index is 1.36. The number of rotatable bonds is 7. The Kier molecular flexibility index (Phi) is 7.20. The van der Waals surface area contributed by atoms with Gasteiger partial charge in [-0.2, -0.15) is 0 Å². The van der Waals surface area contributed by atoms with E-state index >= 15 is 0 Å². The molecule has 0 saturated heterocycles. The zero-order chi connectivity index (χ0) is 33.0. The molecule has 0 aromatic heterocycles. The van der Waals surface area contributed by atoms with Crippen molar-refractivity contribution < 1.29 is 0 Å². The first-order valence-electron chi connectivity index (χ1n) is 17.9. The van der Waals surface area contributed by atoms with Crippen LogP contribution >= 0.6 is 0 Å². The van der Waals surface area contributed by atoms with Gasteiger partial charge in [0.05, 0.1) is 0 Å². The van der Waals surface area contributed by atoms with Crippen LogP contribution in [-0.4, -0.2) is 0 Å². The van der Waals surface area contributed by atoms with E-state index in [0.29, 0.717) is 0 Å². The van der Waals surface area contributed by atoms with Gasteiger partial charge in [-0.25, -0.2) is 0 Å². The predicted molar refractivity (Wildman–Crippen MR) is 207 cm³/mol. The summed E-state index contributed by atoms with van der Waals surface area (Å²) in [7, 11) is 0. The molecule has 236 valence electrons. The van der Waals surface area contributed by atoms with Gasteiger partial charge in [-0.05, 0) is 96.4 Å². The highest BCUT2D eigenvalue weighted by atomic mass is 14.5. The van der Waals surface area contributed by atoms with Crippen LogP contribution in [0.3, 0.4) is 0 Å². The Bertz CT molecular complexity index is 2270. The lowest BCUT2D eigenvalue weighted by Gasteiger charge is -2.46. The molecule has 1 unspecified atom stereocenters. The molecule has 7 aromatic rings. The molecule has 0 bridgehead atoms. The first-order chi connectivity index (χ1) is 24.2. The maximum Gasteiger partial charge on any atom is 0.0415 e. The van der Waals surface area contributed by atoms with Crippen molar-refractivity contribution in [3.63, 3.8) is 0 Å². The average Bonchev–Trinajstić information content (AvgIpc) is 3.75. The van der Waals surface area contributed by atoms with Crippen molar-refractivity contribution in [1.29, 1.82) is 0 Å². The highest BCUT2D eigenvalue weighted by molar-refractivity contribution is 5.90. The zero-order valence-electron chi connectivity index (χ0n) is 28.2. The van der Waals surface area contributed by atoms with Crippen LogP contribution in [0, 0.1) is 0 Å². The van der Waals surface area contributed by atoms with Gasteiger partial charge >= 0.3 is 0 Å². The Morgan fingerprint density at radius 3 is 1.67 bits per heavy atom. The minimum absolute atomic E-state index is 0.104. The van der Waals surface area contributed by atoms with Crippen LogP contribution < -0.4 is 0 Å². The van der Waals surface area contributed by atoms with Crippen LogP contribution in [-0.2, 0) is 18.3 Å². The van der Waals surface area contributed by atoms with Crippen LogP contribution in [0.15, 0.2) is 164 Å². The molecule has 0 nitrogen and oxygen atoms in total. The Hall–Kier alpha value is -5.46. The van der Waals surface area contributed by atoms with Gasteiger partial charge in [-0.3, -0.25) is 0 Å². The van der Waals surface area contributed by atoms with Crippen molar-refractivity contribution in [2.75, 3.05) is 0 Å². The normalized spacial score (nSPS) is 14.9. The van der Waals surface area contributed by atoms with E-state index in [2.05, 4.69) is 184 Å². The summed E-state index contributed by atoms with van der Waals surface area (Å²) >= 11 is 0. The van der Waals surface area contributed by atoms with Crippen LogP contribution in [0.2, 0.25) is 0 Å². The number of benzene rings is 7. The minimum atomic E-state index is -0.412. The van der Waals surface area contributed by atoms with Gasteiger partial charge in [-0.1, -0.05) is 178 Å². The summed E-state index contributed by atoms with van der Waals surface area (Å²) in [6, 6.07) is 59.9. The van der Waals surface area contributed by atoms with Crippen molar-refractivity contribution in [3.8, 4) is 22.3 Å². The maximum absolute atomic E-state index is 2.53. The second kappa shape index (κ2) is 11.9. The minimum Gasteiger partial charge on any atom is -0.0751 e. The highest BCUT2D eigenvalue weighted by Gasteiger charge is 2.53. The lowest BCUT2D eigenvalue weighted by Crippen LogP contribution is -2.40. The first-order valence-corrected chi connectivity index (χ1v) is 17.9. The van der Waals surface area contributed by atoms with Crippen molar-refractivity contribution >= 4 is 16.8 Å². The standard InChI is InChI=1S/C49H40/c1-3-33-22-26-42-43-27-23-34(4-2)31-46(43)48(45(42)30-33)49(38-16-7-5-8-17-38,39-18-9-6-10-19-39)47-29-28-41-40(20-13-21-44(41)47)37-25-24-35-14-11-12-15-36(35)32-37/h5-32,47-48H,3-4H2,1-2H3. The molecule has 0 spiro atoms. The lowest BCUT2D eigenvalue weighted by molar-refractivity contribution is 0.416. The summed E-state index contributed by atoms with van der Waals surface area (Å²) in [4.78, 5) is 0. The summed E-state index contributed by atoms with van der Waals surface area (Å²) in [5.41, 5.74) is 16.0. The molecule has 9 rings (SSSR count). The monoisotopic (exact) mass is 628 g/mol. The summed E-state index contributed by atoms with van der Waals surface area (Å²) in [5, 5.41) is 2.55. The van der Waals surface area contributed by atoms with Crippen molar-refractivity contribution in [2.45, 2.75) is 43.9 Å². The average molecular weight is 629 g/mol. The molecule has 2 aliphatic carbocycles. The van der Waals surface area contributed by atoms with Crippen molar-refractivity contribution in [1.82, 2.24) is 0 Å². The second-order valence-electron chi connectivity index (χ2n) is 13.8. The molecule has 2 aliphatic rings. The number of hydrogen-bond acceptors (Lipinski definition) is 0. The molecule has 0 heteroatoms. The number of fused-ring (bicyclic) bond motifs is 5. The maximum atomic E-state index is 2.53. The van der Waals surface area contributed by atoms with Crippen molar-refractivity contribution in [3.05, 3.63) is 208 Å². The Labute approximate surface area is 290 Å². The fourth-order valence-electron chi connectivity index (χ4n) is 9.10. The number of hydrogen-bond donors (Lipinski definition) is 0. The predicted octanol–water partition coefficient (Wildman–Crippen LogP) is 12.5. The number of aryl methyl sites for hydroxylation is 2. The summed E-state index contributed by atoms with van der Waals surface area (Å²) in [6.07, 6.45) is 6.98. The van der Waals surface area contributed by atoms with Crippen LogP contribution in [0.25, 0.3) is 39.1 Å². The molecule has 49 heavy (non-hydrogen) atoms. The van der Waals surface area contributed by atoms with E-state index in [9.17, 15) is 0 Å². The molecule has 0 radical (unpaired) electrons. The van der Waals surface area contributed by atoms with Crippen LogP contribution in [0.4, 0.5) is 0 Å². The SMILES string of the molecule is CCc1ccc2c(c1)C(C(c1ccccc1)(c1ccccc1)C1C=Cc3c(-c4ccc5ccccc5c4)cccc31)c1cc(CC)ccc1-2. The lowest BCUT2D eigenvalue weighted by atomic mass is 9.55. The van der Waals surface area contributed by atoms with E-state index in [-0.39, 0.29) is 11.8 Å². The molecule has 0 fully saturated rings. The quantitative estimate of drug-likeness (QED) is 0.165. The summed E-state index contributed by atoms with van der Waals surface area (Å²) < 4.78 is 0. The first kappa shape index (κ1) is 29.7. The van der Waals surface area contributed by atoms with Crippen molar-refractivity contribution in [2.24, 2.45) is 0 Å². The second-order valence-corrected chi connectivity index (χ2v) is 13.8.